The van der Waals surface area contributed by atoms with Crippen LogP contribution >= 0.6 is 11.6 Å². The highest BCUT2D eigenvalue weighted by Crippen LogP contribution is 2.36. The van der Waals surface area contributed by atoms with Crippen molar-refractivity contribution >= 4 is 17.3 Å². The maximum Gasteiger partial charge on any atom is 0.0426 e. The highest BCUT2D eigenvalue weighted by Gasteiger charge is 2.29. The van der Waals surface area contributed by atoms with E-state index in [1.165, 1.54) is 30.5 Å². The van der Waals surface area contributed by atoms with Crippen LogP contribution in [0.1, 0.15) is 31.7 Å². The molecule has 1 fully saturated rings. The van der Waals surface area contributed by atoms with Gasteiger partial charge >= 0.3 is 0 Å². The van der Waals surface area contributed by atoms with Gasteiger partial charge in [0.25, 0.3) is 0 Å². The highest BCUT2D eigenvalue weighted by molar-refractivity contribution is 6.30. The van der Waals surface area contributed by atoms with Crippen molar-refractivity contribution < 1.29 is 0 Å². The quantitative estimate of drug-likeness (QED) is 0.805. The number of anilines is 1. The van der Waals surface area contributed by atoms with Crippen LogP contribution in [0.15, 0.2) is 18.2 Å². The molecule has 0 saturated heterocycles. The van der Waals surface area contributed by atoms with E-state index in [0.29, 0.717) is 6.04 Å². The molecule has 2 heteroatoms. The van der Waals surface area contributed by atoms with Crippen LogP contribution in [0.4, 0.5) is 5.69 Å². The van der Waals surface area contributed by atoms with Gasteiger partial charge in [-0.2, -0.15) is 0 Å². The van der Waals surface area contributed by atoms with Gasteiger partial charge in [-0.15, -0.1) is 0 Å². The van der Waals surface area contributed by atoms with Gasteiger partial charge in [0.05, 0.1) is 0 Å². The molecule has 0 aliphatic heterocycles. The fourth-order valence-electron chi connectivity index (χ4n) is 2.00. The molecular formula is C13H18ClN. The van der Waals surface area contributed by atoms with Crippen molar-refractivity contribution in [3.63, 3.8) is 0 Å². The van der Waals surface area contributed by atoms with E-state index in [0.717, 1.165) is 10.9 Å². The molecule has 0 heterocycles. The third-order valence-corrected chi connectivity index (χ3v) is 3.41. The van der Waals surface area contributed by atoms with E-state index in [9.17, 15) is 0 Å². The summed E-state index contributed by atoms with van der Waals surface area (Å²) >= 11 is 6.00. The van der Waals surface area contributed by atoms with Gasteiger partial charge in [-0.25, -0.2) is 0 Å². The van der Waals surface area contributed by atoms with E-state index in [-0.39, 0.29) is 0 Å². The van der Waals surface area contributed by atoms with Crippen molar-refractivity contribution in [2.45, 2.75) is 39.2 Å². The fourth-order valence-corrected chi connectivity index (χ4v) is 2.17. The summed E-state index contributed by atoms with van der Waals surface area (Å²) in [5, 5.41) is 4.43. The third-order valence-electron chi connectivity index (χ3n) is 3.17. The molecule has 0 bridgehead atoms. The number of nitrogens with one attached hydrogen (secondary N) is 1. The molecule has 2 rings (SSSR count). The molecule has 0 spiro atoms. The summed E-state index contributed by atoms with van der Waals surface area (Å²) in [6.45, 7) is 4.37. The molecule has 15 heavy (non-hydrogen) atoms. The van der Waals surface area contributed by atoms with Gasteiger partial charge in [0.2, 0.25) is 0 Å². The number of rotatable bonds is 4. The van der Waals surface area contributed by atoms with Crippen molar-refractivity contribution in [3.05, 3.63) is 28.8 Å². The van der Waals surface area contributed by atoms with Crippen LogP contribution in [0.25, 0.3) is 0 Å². The molecule has 1 nitrogen and oxygen atoms in total. The first kappa shape index (κ1) is 10.8. The first-order valence-electron chi connectivity index (χ1n) is 5.73. The Morgan fingerprint density at radius 3 is 2.80 bits per heavy atom. The highest BCUT2D eigenvalue weighted by atomic mass is 35.5. The second-order valence-corrected chi connectivity index (χ2v) is 4.89. The molecule has 0 aromatic heterocycles. The Labute approximate surface area is 96.8 Å². The summed E-state index contributed by atoms with van der Waals surface area (Å²) in [5.74, 6) is 0.883. The smallest absolute Gasteiger partial charge is 0.0426 e. The monoisotopic (exact) mass is 223 g/mol. The van der Waals surface area contributed by atoms with Crippen molar-refractivity contribution in [1.82, 2.24) is 0 Å². The van der Waals surface area contributed by atoms with E-state index < -0.39 is 0 Å². The predicted octanol–water partition coefficient (Wildman–Crippen LogP) is 4.25. The van der Waals surface area contributed by atoms with Crippen molar-refractivity contribution in [2.75, 3.05) is 5.32 Å². The van der Waals surface area contributed by atoms with Crippen LogP contribution in [-0.4, -0.2) is 6.04 Å². The second-order valence-electron chi connectivity index (χ2n) is 4.46. The average molecular weight is 224 g/mol. The minimum atomic E-state index is 0.627. The van der Waals surface area contributed by atoms with E-state index in [2.05, 4.69) is 25.2 Å². The average Bonchev–Trinajstić information content (AvgIpc) is 3.03. The SMILES string of the molecule is CCC(Nc1cc(Cl)ccc1C)C1CC1. The molecule has 1 aromatic carbocycles. The minimum Gasteiger partial charge on any atom is -0.382 e. The molecular weight excluding hydrogens is 206 g/mol. The Morgan fingerprint density at radius 2 is 2.20 bits per heavy atom. The third kappa shape index (κ3) is 2.66. The lowest BCUT2D eigenvalue weighted by Gasteiger charge is -2.19. The number of halogens is 1. The van der Waals surface area contributed by atoms with Crippen LogP contribution in [0.2, 0.25) is 5.02 Å². The normalized spacial score (nSPS) is 17.5. The number of aryl methyl sites for hydroxylation is 1. The number of hydrogen-bond donors (Lipinski definition) is 1. The minimum absolute atomic E-state index is 0.627. The van der Waals surface area contributed by atoms with E-state index in [4.69, 9.17) is 11.6 Å². The zero-order valence-corrected chi connectivity index (χ0v) is 10.1. The van der Waals surface area contributed by atoms with Crippen LogP contribution in [-0.2, 0) is 0 Å². The van der Waals surface area contributed by atoms with Crippen LogP contribution in [0.3, 0.4) is 0 Å². The molecule has 1 unspecified atom stereocenters. The molecule has 1 N–H and O–H groups in total. The molecule has 1 aliphatic carbocycles. The van der Waals surface area contributed by atoms with Gasteiger partial charge in [-0.3, -0.25) is 0 Å². The molecule has 0 amide bonds. The standard InChI is InChI=1S/C13H18ClN/c1-3-12(10-5-6-10)15-13-8-11(14)7-4-9(13)2/h4,7-8,10,12,15H,3,5-6H2,1-2H3. The molecule has 1 saturated carbocycles. The summed E-state index contributed by atoms with van der Waals surface area (Å²) in [4.78, 5) is 0. The lowest BCUT2D eigenvalue weighted by Crippen LogP contribution is -2.21. The Hall–Kier alpha value is -0.690. The van der Waals surface area contributed by atoms with Crippen LogP contribution in [0, 0.1) is 12.8 Å². The largest absolute Gasteiger partial charge is 0.382 e. The zero-order chi connectivity index (χ0) is 10.8. The first-order chi connectivity index (χ1) is 7.20. The van der Waals surface area contributed by atoms with E-state index >= 15 is 0 Å². The van der Waals surface area contributed by atoms with Gasteiger partial charge in [0.15, 0.2) is 0 Å². The van der Waals surface area contributed by atoms with Crippen LogP contribution < -0.4 is 5.32 Å². The Balaban J connectivity index is 2.11. The summed E-state index contributed by atoms with van der Waals surface area (Å²) < 4.78 is 0. The van der Waals surface area contributed by atoms with E-state index in [1.54, 1.807) is 0 Å². The molecule has 0 radical (unpaired) electrons. The van der Waals surface area contributed by atoms with Gasteiger partial charge in [-0.05, 0) is 49.8 Å². The van der Waals surface area contributed by atoms with Crippen molar-refractivity contribution in [2.24, 2.45) is 5.92 Å². The summed E-state index contributed by atoms with van der Waals surface area (Å²) in [7, 11) is 0. The van der Waals surface area contributed by atoms with E-state index in [1.807, 2.05) is 12.1 Å². The Bertz CT molecular complexity index is 344. The Morgan fingerprint density at radius 1 is 1.47 bits per heavy atom. The second kappa shape index (κ2) is 4.44. The number of benzene rings is 1. The maximum absolute atomic E-state index is 6.00. The van der Waals surface area contributed by atoms with Gasteiger partial charge in [0, 0.05) is 16.8 Å². The molecule has 82 valence electrons. The topological polar surface area (TPSA) is 12.0 Å². The number of hydrogen-bond acceptors (Lipinski definition) is 1. The predicted molar refractivity (Wildman–Crippen MR) is 66.6 cm³/mol. The van der Waals surface area contributed by atoms with Gasteiger partial charge in [0.1, 0.15) is 0 Å². The van der Waals surface area contributed by atoms with Gasteiger partial charge < -0.3 is 5.32 Å². The first-order valence-corrected chi connectivity index (χ1v) is 6.11. The Kier molecular flexibility index (Phi) is 3.20. The molecule has 1 aromatic rings. The molecule has 1 atom stereocenters. The lowest BCUT2D eigenvalue weighted by molar-refractivity contribution is 0.616. The van der Waals surface area contributed by atoms with Crippen LogP contribution in [0.5, 0.6) is 0 Å². The summed E-state index contributed by atoms with van der Waals surface area (Å²) in [5.41, 5.74) is 2.47. The molecule has 1 aliphatic rings. The van der Waals surface area contributed by atoms with Crippen molar-refractivity contribution in [3.8, 4) is 0 Å². The summed E-state index contributed by atoms with van der Waals surface area (Å²) in [6, 6.07) is 6.67. The summed E-state index contributed by atoms with van der Waals surface area (Å²) in [6.07, 6.45) is 3.95. The fraction of sp³-hybridized carbons (Fsp3) is 0.538. The maximum atomic E-state index is 6.00. The zero-order valence-electron chi connectivity index (χ0n) is 9.39. The van der Waals surface area contributed by atoms with Crippen molar-refractivity contribution in [1.29, 1.82) is 0 Å². The van der Waals surface area contributed by atoms with Gasteiger partial charge in [-0.1, -0.05) is 24.6 Å². The lowest BCUT2D eigenvalue weighted by atomic mass is 10.1.